The van der Waals surface area contributed by atoms with Crippen LogP contribution in [0.1, 0.15) is 12.5 Å². The molecule has 0 radical (unpaired) electrons. The molecule has 13 heavy (non-hydrogen) atoms. The van der Waals surface area contributed by atoms with E-state index in [2.05, 4.69) is 4.98 Å². The smallest absolute Gasteiger partial charge is 0.195 e. The summed E-state index contributed by atoms with van der Waals surface area (Å²) in [6, 6.07) is 3.16. The molecule has 0 spiro atoms. The van der Waals surface area contributed by atoms with Crippen LogP contribution in [-0.2, 0) is 16.4 Å². The Labute approximate surface area is 77.7 Å². The highest BCUT2D eigenvalue weighted by Crippen LogP contribution is 2.07. The van der Waals surface area contributed by atoms with Crippen LogP contribution < -0.4 is 5.73 Å². The fourth-order valence-electron chi connectivity index (χ4n) is 0.864. The van der Waals surface area contributed by atoms with Crippen molar-refractivity contribution in [2.45, 2.75) is 18.5 Å². The molecule has 0 amide bonds. The molecule has 0 aromatic carbocycles. The van der Waals surface area contributed by atoms with Crippen molar-refractivity contribution in [3.8, 4) is 0 Å². The summed E-state index contributed by atoms with van der Waals surface area (Å²) in [5.74, 6) is 0.0714. The molecule has 2 N–H and O–H groups in total. The van der Waals surface area contributed by atoms with Crippen molar-refractivity contribution in [1.29, 1.82) is 0 Å². The first kappa shape index (κ1) is 10.1. The summed E-state index contributed by atoms with van der Waals surface area (Å²) in [5.41, 5.74) is 6.18. The SMILES string of the molecule is CCS(=O)(=O)c1ccc(CN)cn1. The summed E-state index contributed by atoms with van der Waals surface area (Å²) in [4.78, 5) is 3.82. The highest BCUT2D eigenvalue weighted by atomic mass is 32.2. The predicted molar refractivity (Wildman–Crippen MR) is 49.9 cm³/mol. The first-order valence-corrected chi connectivity index (χ1v) is 5.63. The summed E-state index contributed by atoms with van der Waals surface area (Å²) >= 11 is 0. The van der Waals surface area contributed by atoms with Crippen molar-refractivity contribution in [3.05, 3.63) is 23.9 Å². The maximum Gasteiger partial charge on any atom is 0.195 e. The van der Waals surface area contributed by atoms with E-state index in [1.165, 1.54) is 12.3 Å². The minimum Gasteiger partial charge on any atom is -0.326 e. The van der Waals surface area contributed by atoms with Crippen molar-refractivity contribution in [3.63, 3.8) is 0 Å². The van der Waals surface area contributed by atoms with Crippen LogP contribution in [0.25, 0.3) is 0 Å². The largest absolute Gasteiger partial charge is 0.326 e. The van der Waals surface area contributed by atoms with Gasteiger partial charge in [-0.25, -0.2) is 13.4 Å². The van der Waals surface area contributed by atoms with E-state index < -0.39 is 9.84 Å². The zero-order valence-electron chi connectivity index (χ0n) is 7.40. The lowest BCUT2D eigenvalue weighted by Gasteiger charge is -2.00. The average molecular weight is 200 g/mol. The molecule has 0 saturated carbocycles. The Morgan fingerprint density at radius 3 is 2.54 bits per heavy atom. The highest BCUT2D eigenvalue weighted by molar-refractivity contribution is 7.91. The molecule has 5 heteroatoms. The number of hydrogen-bond donors (Lipinski definition) is 1. The Kier molecular flexibility index (Phi) is 3.00. The van der Waals surface area contributed by atoms with Gasteiger partial charge in [-0.2, -0.15) is 0 Å². The minimum atomic E-state index is -3.18. The van der Waals surface area contributed by atoms with Gasteiger partial charge < -0.3 is 5.73 Å². The molecule has 0 aliphatic heterocycles. The van der Waals surface area contributed by atoms with Gasteiger partial charge in [0.1, 0.15) is 0 Å². The molecule has 4 nitrogen and oxygen atoms in total. The van der Waals surface area contributed by atoms with E-state index in [0.717, 1.165) is 5.56 Å². The zero-order valence-corrected chi connectivity index (χ0v) is 8.21. The van der Waals surface area contributed by atoms with Gasteiger partial charge in [-0.15, -0.1) is 0 Å². The topological polar surface area (TPSA) is 73.0 Å². The van der Waals surface area contributed by atoms with Crippen LogP contribution in [0.5, 0.6) is 0 Å². The molecule has 0 atom stereocenters. The van der Waals surface area contributed by atoms with Crippen LogP contribution in [0.15, 0.2) is 23.4 Å². The number of aromatic nitrogens is 1. The monoisotopic (exact) mass is 200 g/mol. The van der Waals surface area contributed by atoms with E-state index in [0.29, 0.717) is 6.54 Å². The molecule has 1 heterocycles. The summed E-state index contributed by atoms with van der Waals surface area (Å²) in [6.07, 6.45) is 1.49. The van der Waals surface area contributed by atoms with Gasteiger partial charge in [-0.3, -0.25) is 0 Å². The quantitative estimate of drug-likeness (QED) is 0.763. The molecular weight excluding hydrogens is 188 g/mol. The molecule has 0 saturated heterocycles. The van der Waals surface area contributed by atoms with Crippen molar-refractivity contribution in [1.82, 2.24) is 4.98 Å². The van der Waals surface area contributed by atoms with Gasteiger partial charge in [0.2, 0.25) is 0 Å². The minimum absolute atomic E-state index is 0.0714. The first-order chi connectivity index (χ1) is 6.10. The second-order valence-corrected chi connectivity index (χ2v) is 4.84. The Morgan fingerprint density at radius 1 is 1.46 bits per heavy atom. The lowest BCUT2D eigenvalue weighted by molar-refractivity contribution is 0.593. The molecule has 0 fully saturated rings. The molecule has 1 aromatic rings. The van der Waals surface area contributed by atoms with Crippen LogP contribution in [-0.4, -0.2) is 19.2 Å². The number of sulfone groups is 1. The molecule has 0 aliphatic carbocycles. The van der Waals surface area contributed by atoms with Gasteiger partial charge in [0.05, 0.1) is 5.75 Å². The number of nitrogens with zero attached hydrogens (tertiary/aromatic N) is 1. The molecule has 72 valence electrons. The first-order valence-electron chi connectivity index (χ1n) is 3.98. The van der Waals surface area contributed by atoms with Crippen LogP contribution in [0.4, 0.5) is 0 Å². The van der Waals surface area contributed by atoms with Gasteiger partial charge in [0.25, 0.3) is 0 Å². The number of hydrogen-bond acceptors (Lipinski definition) is 4. The van der Waals surface area contributed by atoms with Gasteiger partial charge >= 0.3 is 0 Å². The average Bonchev–Trinajstić information content (AvgIpc) is 2.18. The van der Waals surface area contributed by atoms with E-state index in [9.17, 15) is 8.42 Å². The fourth-order valence-corrected chi connectivity index (χ4v) is 1.65. The zero-order chi connectivity index (χ0) is 9.90. The normalized spacial score (nSPS) is 11.5. The third-order valence-corrected chi connectivity index (χ3v) is 3.37. The van der Waals surface area contributed by atoms with Crippen molar-refractivity contribution < 1.29 is 8.42 Å². The maximum atomic E-state index is 11.3. The summed E-state index contributed by atoms with van der Waals surface area (Å²) in [5, 5.41) is 0.118. The lowest BCUT2D eigenvalue weighted by atomic mass is 10.3. The second-order valence-electron chi connectivity index (χ2n) is 2.61. The van der Waals surface area contributed by atoms with Crippen LogP contribution in [0.2, 0.25) is 0 Å². The highest BCUT2D eigenvalue weighted by Gasteiger charge is 2.11. The third kappa shape index (κ3) is 2.26. The molecule has 0 unspecified atom stereocenters. The van der Waals surface area contributed by atoms with Crippen molar-refractivity contribution >= 4 is 9.84 Å². The third-order valence-electron chi connectivity index (χ3n) is 1.73. The van der Waals surface area contributed by atoms with E-state index >= 15 is 0 Å². The Hall–Kier alpha value is -0.940. The molecule has 0 bridgehead atoms. The Bertz CT molecular complexity index is 370. The summed E-state index contributed by atoms with van der Waals surface area (Å²) in [6.45, 7) is 1.97. The number of pyridine rings is 1. The van der Waals surface area contributed by atoms with Crippen molar-refractivity contribution in [2.24, 2.45) is 5.73 Å². The van der Waals surface area contributed by atoms with Crippen LogP contribution in [0, 0.1) is 0 Å². The molecule has 1 rings (SSSR count). The molecular formula is C8H12N2O2S. The number of rotatable bonds is 3. The molecule has 1 aromatic heterocycles. The van der Waals surface area contributed by atoms with E-state index in [4.69, 9.17) is 5.73 Å². The Balaban J connectivity index is 3.06. The van der Waals surface area contributed by atoms with Crippen LogP contribution in [0.3, 0.4) is 0 Å². The van der Waals surface area contributed by atoms with Gasteiger partial charge in [0, 0.05) is 12.7 Å². The molecule has 0 aliphatic rings. The van der Waals surface area contributed by atoms with Crippen molar-refractivity contribution in [2.75, 3.05) is 5.75 Å². The van der Waals surface area contributed by atoms with Gasteiger partial charge in [0.15, 0.2) is 14.9 Å². The van der Waals surface area contributed by atoms with Crippen LogP contribution >= 0.6 is 0 Å². The predicted octanol–water partition coefficient (Wildman–Crippen LogP) is 0.334. The number of nitrogens with two attached hydrogens (primary N) is 1. The van der Waals surface area contributed by atoms with E-state index in [1.54, 1.807) is 13.0 Å². The maximum absolute atomic E-state index is 11.3. The van der Waals surface area contributed by atoms with Gasteiger partial charge in [-0.05, 0) is 11.6 Å². The Morgan fingerprint density at radius 2 is 2.15 bits per heavy atom. The summed E-state index contributed by atoms with van der Waals surface area (Å²) < 4.78 is 22.6. The standard InChI is InChI=1S/C8H12N2O2S/c1-2-13(11,12)8-4-3-7(5-9)6-10-8/h3-4,6H,2,5,9H2,1H3. The summed E-state index contributed by atoms with van der Waals surface area (Å²) in [7, 11) is -3.18. The fraction of sp³-hybridized carbons (Fsp3) is 0.375. The van der Waals surface area contributed by atoms with E-state index in [1.807, 2.05) is 0 Å². The lowest BCUT2D eigenvalue weighted by Crippen LogP contribution is -2.06. The van der Waals surface area contributed by atoms with Gasteiger partial charge in [-0.1, -0.05) is 13.0 Å². The van der Waals surface area contributed by atoms with E-state index in [-0.39, 0.29) is 10.8 Å². The second kappa shape index (κ2) is 3.85.